The van der Waals surface area contributed by atoms with Crippen LogP contribution in [0, 0.1) is 0 Å². The zero-order valence-corrected chi connectivity index (χ0v) is 21.4. The van der Waals surface area contributed by atoms with E-state index in [0.717, 1.165) is 22.4 Å². The summed E-state index contributed by atoms with van der Waals surface area (Å²) in [7, 11) is 4.72. The molecule has 0 aliphatic carbocycles. The van der Waals surface area contributed by atoms with Gasteiger partial charge < -0.3 is 19.7 Å². The molecule has 0 bridgehead atoms. The maximum absolute atomic E-state index is 12.7. The van der Waals surface area contributed by atoms with Gasteiger partial charge in [-0.05, 0) is 43.2 Å². The summed E-state index contributed by atoms with van der Waals surface area (Å²) in [4.78, 5) is 16.2. The summed E-state index contributed by atoms with van der Waals surface area (Å²) in [5.41, 5.74) is 4.15. The maximum Gasteiger partial charge on any atom is 0.401 e. The van der Waals surface area contributed by atoms with Crippen molar-refractivity contribution in [3.8, 4) is 11.5 Å². The summed E-state index contributed by atoms with van der Waals surface area (Å²) in [5.74, 6) is 1.16. The van der Waals surface area contributed by atoms with Gasteiger partial charge in [0, 0.05) is 50.0 Å². The molecule has 2 aromatic carbocycles. The lowest BCUT2D eigenvalue weighted by atomic mass is 9.94. The number of benzene rings is 2. The predicted octanol–water partition coefficient (Wildman–Crippen LogP) is 3.73. The van der Waals surface area contributed by atoms with Crippen LogP contribution < -0.4 is 19.7 Å². The number of hydrogen-bond donors (Lipinski definition) is 1. The summed E-state index contributed by atoms with van der Waals surface area (Å²) in [6.45, 7) is 2.78. The van der Waals surface area contributed by atoms with E-state index in [1.54, 1.807) is 21.3 Å². The highest BCUT2D eigenvalue weighted by Crippen LogP contribution is 2.35. The summed E-state index contributed by atoms with van der Waals surface area (Å²) < 4.78 is 49.2. The molecule has 0 saturated carbocycles. The fraction of sp³-hybridized carbons (Fsp3) is 0.462. The monoisotopic (exact) mass is 519 g/mol. The first kappa shape index (κ1) is 26.6. The number of urea groups is 1. The molecule has 1 saturated heterocycles. The number of amides is 2. The van der Waals surface area contributed by atoms with E-state index < -0.39 is 12.7 Å². The number of halogens is 3. The number of piperazine rings is 1. The Kier molecular flexibility index (Phi) is 7.82. The first-order valence-electron chi connectivity index (χ1n) is 12.1. The number of anilines is 1. The Morgan fingerprint density at radius 2 is 1.68 bits per heavy atom. The first-order valence-corrected chi connectivity index (χ1v) is 12.1. The average Bonchev–Trinajstić information content (AvgIpc) is 3.02. The van der Waals surface area contributed by atoms with Gasteiger partial charge in [0.15, 0.2) is 11.5 Å². The molecule has 1 fully saturated rings. The molecule has 2 heterocycles. The van der Waals surface area contributed by atoms with Gasteiger partial charge in [-0.2, -0.15) is 18.3 Å². The summed E-state index contributed by atoms with van der Waals surface area (Å²) in [5, 5.41) is 8.87. The fourth-order valence-electron chi connectivity index (χ4n) is 4.80. The molecule has 2 aliphatic rings. The summed E-state index contributed by atoms with van der Waals surface area (Å²) in [6.07, 6.45) is -3.62. The minimum atomic E-state index is -4.19. The molecule has 2 aliphatic heterocycles. The second-order valence-corrected chi connectivity index (χ2v) is 9.19. The lowest BCUT2D eigenvalue weighted by Crippen LogP contribution is -2.49. The quantitative estimate of drug-likeness (QED) is 0.652. The van der Waals surface area contributed by atoms with Crippen LogP contribution >= 0.6 is 0 Å². The van der Waals surface area contributed by atoms with Gasteiger partial charge in [-0.3, -0.25) is 4.90 Å². The molecule has 200 valence electrons. The number of hydrazone groups is 1. The molecule has 0 radical (unpaired) electrons. The van der Waals surface area contributed by atoms with Gasteiger partial charge in [-0.15, -0.1) is 0 Å². The van der Waals surface area contributed by atoms with Crippen LogP contribution in [0.5, 0.6) is 11.5 Å². The van der Waals surface area contributed by atoms with Crippen molar-refractivity contribution in [2.45, 2.75) is 25.6 Å². The molecule has 1 atom stereocenters. The lowest BCUT2D eigenvalue weighted by Gasteiger charge is -2.36. The minimum Gasteiger partial charge on any atom is -0.493 e. The second kappa shape index (κ2) is 10.9. The van der Waals surface area contributed by atoms with Gasteiger partial charge in [0.05, 0.1) is 32.5 Å². The number of methoxy groups -OCH3 is 2. The number of carbonyl (C=O) groups excluding carboxylic acids is 1. The average molecular weight is 520 g/mol. The van der Waals surface area contributed by atoms with Crippen molar-refractivity contribution >= 4 is 17.4 Å². The van der Waals surface area contributed by atoms with Crippen LogP contribution in [0.25, 0.3) is 0 Å². The van der Waals surface area contributed by atoms with E-state index >= 15 is 0 Å². The molecule has 11 heteroatoms. The van der Waals surface area contributed by atoms with Crippen molar-refractivity contribution < 1.29 is 27.4 Å². The maximum atomic E-state index is 12.7. The Morgan fingerprint density at radius 1 is 1.05 bits per heavy atom. The molecule has 37 heavy (non-hydrogen) atoms. The van der Waals surface area contributed by atoms with Gasteiger partial charge in [0.1, 0.15) is 0 Å². The number of carbonyl (C=O) groups is 1. The van der Waals surface area contributed by atoms with Crippen molar-refractivity contribution in [3.05, 3.63) is 53.1 Å². The van der Waals surface area contributed by atoms with Crippen LogP contribution in [0.2, 0.25) is 0 Å². The van der Waals surface area contributed by atoms with E-state index in [1.165, 1.54) is 9.91 Å². The van der Waals surface area contributed by atoms with Crippen molar-refractivity contribution in [2.75, 3.05) is 58.9 Å². The third-order valence-electron chi connectivity index (χ3n) is 6.71. The molecule has 1 unspecified atom stereocenters. The number of alkyl halides is 3. The largest absolute Gasteiger partial charge is 0.493 e. The molecule has 2 aromatic rings. The number of hydrogen-bond acceptors (Lipinski definition) is 6. The van der Waals surface area contributed by atoms with Crippen molar-refractivity contribution in [3.63, 3.8) is 0 Å². The molecule has 8 nitrogen and oxygen atoms in total. The van der Waals surface area contributed by atoms with Crippen LogP contribution in [0.1, 0.15) is 23.6 Å². The number of fused-ring (bicyclic) bond motifs is 1. The summed E-state index contributed by atoms with van der Waals surface area (Å²) >= 11 is 0. The van der Waals surface area contributed by atoms with Crippen LogP contribution in [0.15, 0.2) is 41.5 Å². The van der Waals surface area contributed by atoms with E-state index in [2.05, 4.69) is 10.2 Å². The molecule has 4 rings (SSSR count). The third-order valence-corrected chi connectivity index (χ3v) is 6.71. The standard InChI is InChI=1S/C26H32F3N5O3/c1-17-13-19-14-22(36-3)23(37-4)15-21(19)24(31-34(17)25(35)30-2)18-5-7-20(8-6-18)33-11-9-32(10-12-33)16-26(27,28)29/h5-8,14-15,17H,9-13,16H2,1-4H3,(H,30,35). The molecular weight excluding hydrogens is 487 g/mol. The zero-order chi connectivity index (χ0) is 26.7. The molecular formula is C26H32F3N5O3. The Labute approximate surface area is 214 Å². The molecule has 0 aromatic heterocycles. The number of rotatable bonds is 5. The molecule has 2 amide bonds. The van der Waals surface area contributed by atoms with Gasteiger partial charge in [-0.1, -0.05) is 12.1 Å². The Hall–Kier alpha value is -3.47. The number of ether oxygens (including phenoxy) is 2. The van der Waals surface area contributed by atoms with Crippen LogP contribution in [-0.2, 0) is 6.42 Å². The van der Waals surface area contributed by atoms with Crippen molar-refractivity contribution in [2.24, 2.45) is 5.10 Å². The van der Waals surface area contributed by atoms with E-state index in [-0.39, 0.29) is 12.1 Å². The lowest BCUT2D eigenvalue weighted by molar-refractivity contribution is -0.146. The van der Waals surface area contributed by atoms with Crippen LogP contribution in [0.4, 0.5) is 23.7 Å². The van der Waals surface area contributed by atoms with Crippen molar-refractivity contribution in [1.29, 1.82) is 0 Å². The van der Waals surface area contributed by atoms with E-state index in [9.17, 15) is 18.0 Å². The van der Waals surface area contributed by atoms with E-state index in [4.69, 9.17) is 14.6 Å². The van der Waals surface area contributed by atoms with Crippen LogP contribution in [-0.4, -0.2) is 87.9 Å². The van der Waals surface area contributed by atoms with Gasteiger partial charge >= 0.3 is 12.2 Å². The first-order chi connectivity index (χ1) is 17.6. The normalized spacial score (nSPS) is 18.6. The molecule has 0 spiro atoms. The highest BCUT2D eigenvalue weighted by molar-refractivity contribution is 6.14. The highest BCUT2D eigenvalue weighted by atomic mass is 19.4. The third kappa shape index (κ3) is 5.93. The van der Waals surface area contributed by atoms with Gasteiger partial charge in [0.2, 0.25) is 0 Å². The molecule has 1 N–H and O–H groups in total. The Balaban J connectivity index is 1.65. The summed E-state index contributed by atoms with van der Waals surface area (Å²) in [6, 6.07) is 11.0. The number of nitrogens with one attached hydrogen (secondary N) is 1. The Bertz CT molecular complexity index is 1150. The zero-order valence-electron chi connectivity index (χ0n) is 21.4. The topological polar surface area (TPSA) is 69.6 Å². The second-order valence-electron chi connectivity index (χ2n) is 9.19. The number of nitrogens with zero attached hydrogens (tertiary/aromatic N) is 4. The SMILES string of the molecule is CNC(=O)N1N=C(c2ccc(N3CCN(CC(F)(F)F)CC3)cc2)c2cc(OC)c(OC)cc2CC1C. The van der Waals surface area contributed by atoms with Crippen LogP contribution in [0.3, 0.4) is 0 Å². The fourth-order valence-corrected chi connectivity index (χ4v) is 4.80. The highest BCUT2D eigenvalue weighted by Gasteiger charge is 2.32. The Morgan fingerprint density at radius 3 is 2.24 bits per heavy atom. The van der Waals surface area contributed by atoms with Gasteiger partial charge in [0.25, 0.3) is 0 Å². The van der Waals surface area contributed by atoms with Crippen molar-refractivity contribution in [1.82, 2.24) is 15.2 Å². The van der Waals surface area contributed by atoms with E-state index in [0.29, 0.717) is 49.8 Å². The van der Waals surface area contributed by atoms with E-state index in [1.807, 2.05) is 43.3 Å². The smallest absolute Gasteiger partial charge is 0.401 e. The predicted molar refractivity (Wildman–Crippen MR) is 136 cm³/mol. The minimum absolute atomic E-state index is 0.207. The van der Waals surface area contributed by atoms with Gasteiger partial charge in [-0.25, -0.2) is 9.80 Å².